The number of likely N-dealkylation sites (tertiary alicyclic amines) is 1. The van der Waals surface area contributed by atoms with E-state index < -0.39 is 0 Å². The van der Waals surface area contributed by atoms with Crippen molar-refractivity contribution < 1.29 is 21.5 Å². The van der Waals surface area contributed by atoms with Crippen LogP contribution in [0.2, 0.25) is 0 Å². The molecule has 4 heteroatoms. The summed E-state index contributed by atoms with van der Waals surface area (Å²) >= 11 is 4.24. The molecule has 1 aliphatic rings. The average molecular weight is 353 g/mol. The van der Waals surface area contributed by atoms with Crippen molar-refractivity contribution in [2.24, 2.45) is 5.73 Å². The minimum Gasteiger partial charge on any atom is -1.00 e. The van der Waals surface area contributed by atoms with E-state index in [1.54, 1.807) is 0 Å². The van der Waals surface area contributed by atoms with E-state index in [9.17, 15) is 0 Å². The van der Waals surface area contributed by atoms with Gasteiger partial charge in [-0.3, -0.25) is 5.73 Å². The van der Waals surface area contributed by atoms with Crippen molar-refractivity contribution in [1.29, 1.82) is 0 Å². The third-order valence-electron chi connectivity index (χ3n) is 4.44. The third kappa shape index (κ3) is 8.59. The second kappa shape index (κ2) is 12.5. The number of halogens is 1. The Morgan fingerprint density at radius 3 is 1.74 bits per heavy atom. The van der Waals surface area contributed by atoms with Crippen molar-refractivity contribution in [1.82, 2.24) is 0 Å². The lowest BCUT2D eigenvalue weighted by Crippen LogP contribution is -3.00. The maximum absolute atomic E-state index is 5.94. The molecule has 0 radical (unpaired) electrons. The number of quaternary nitrogens is 1. The van der Waals surface area contributed by atoms with E-state index in [4.69, 9.17) is 5.73 Å². The van der Waals surface area contributed by atoms with Gasteiger partial charge in [-0.15, -0.1) is 0 Å². The largest absolute Gasteiger partial charge is 1.00 e. The Hall–Kier alpha value is 0.750. The quantitative estimate of drug-likeness (QED) is 0.317. The van der Waals surface area contributed by atoms with Crippen molar-refractivity contribution >= 4 is 12.6 Å². The predicted molar refractivity (Wildman–Crippen MR) is 83.9 cm³/mol. The summed E-state index contributed by atoms with van der Waals surface area (Å²) in [6.45, 7) is 4.86. The molecule has 1 heterocycles. The van der Waals surface area contributed by atoms with Crippen LogP contribution in [0.15, 0.2) is 0 Å². The smallest absolute Gasteiger partial charge is 0.130 e. The molecule has 0 bridgehead atoms. The van der Waals surface area contributed by atoms with Gasteiger partial charge in [0.1, 0.15) is 6.67 Å². The number of nitrogens with zero attached hydrogens (tertiary/aromatic N) is 1. The summed E-state index contributed by atoms with van der Waals surface area (Å²) in [5.41, 5.74) is 5.94. The lowest BCUT2D eigenvalue weighted by Gasteiger charge is -2.32. The van der Waals surface area contributed by atoms with Crippen molar-refractivity contribution in [2.45, 2.75) is 64.2 Å². The fraction of sp³-hybridized carbons (Fsp3) is 1.00. The second-order valence-corrected chi connectivity index (χ2v) is 6.40. The molecule has 2 N–H and O–H groups in total. The van der Waals surface area contributed by atoms with Crippen LogP contribution in [0, 0.1) is 0 Å². The topological polar surface area (TPSA) is 26.0 Å². The molecule has 1 fully saturated rings. The van der Waals surface area contributed by atoms with Gasteiger partial charge in [-0.2, -0.15) is 12.6 Å². The Kier molecular flexibility index (Phi) is 13.0. The van der Waals surface area contributed by atoms with E-state index >= 15 is 0 Å². The van der Waals surface area contributed by atoms with E-state index in [1.807, 2.05) is 0 Å². The number of unbranched alkanes of at least 4 members (excludes halogenated alkanes) is 7. The maximum atomic E-state index is 5.94. The van der Waals surface area contributed by atoms with E-state index in [0.29, 0.717) is 0 Å². The number of rotatable bonds is 11. The molecule has 0 aromatic heterocycles. The summed E-state index contributed by atoms with van der Waals surface area (Å²) in [4.78, 5) is 0. The van der Waals surface area contributed by atoms with Crippen LogP contribution in [0.5, 0.6) is 0 Å². The molecule has 19 heavy (non-hydrogen) atoms. The van der Waals surface area contributed by atoms with Crippen LogP contribution in [0.3, 0.4) is 0 Å². The molecule has 1 aliphatic heterocycles. The zero-order chi connectivity index (χ0) is 13.1. The van der Waals surface area contributed by atoms with Gasteiger partial charge < -0.3 is 21.5 Å². The number of thiol groups is 1. The van der Waals surface area contributed by atoms with E-state index in [2.05, 4.69) is 12.6 Å². The fourth-order valence-corrected chi connectivity index (χ4v) is 3.35. The monoisotopic (exact) mass is 352 g/mol. The summed E-state index contributed by atoms with van der Waals surface area (Å²) in [5.74, 6) is 1.05. The second-order valence-electron chi connectivity index (χ2n) is 5.95. The van der Waals surface area contributed by atoms with Crippen LogP contribution < -0.4 is 22.7 Å². The average Bonchev–Trinajstić information content (AvgIpc) is 2.86. The molecule has 116 valence electrons. The van der Waals surface area contributed by atoms with Gasteiger partial charge in [0.05, 0.1) is 19.6 Å². The standard InChI is InChI=1S/C15H32N2S.BrH/c16-15-17(12-8-9-13-17)11-7-5-3-1-2-4-6-10-14-18;/h1-16H2;1H. The number of hydrogen-bond acceptors (Lipinski definition) is 2. The zero-order valence-electron chi connectivity index (χ0n) is 12.5. The summed E-state index contributed by atoms with van der Waals surface area (Å²) in [6.07, 6.45) is 13.9. The first-order valence-electron chi connectivity index (χ1n) is 7.99. The molecule has 1 rings (SSSR count). The Bertz CT molecular complexity index is 197. The molecule has 1 saturated heterocycles. The lowest BCUT2D eigenvalue weighted by molar-refractivity contribution is -0.916. The van der Waals surface area contributed by atoms with Gasteiger partial charge in [-0.1, -0.05) is 32.1 Å². The Morgan fingerprint density at radius 1 is 0.789 bits per heavy atom. The van der Waals surface area contributed by atoms with Gasteiger partial charge in [-0.25, -0.2) is 0 Å². The van der Waals surface area contributed by atoms with E-state index in [-0.39, 0.29) is 17.0 Å². The van der Waals surface area contributed by atoms with Gasteiger partial charge in [0.15, 0.2) is 0 Å². The molecule has 0 spiro atoms. The number of hydrogen-bond donors (Lipinski definition) is 2. The molecular formula is C15H33BrN2S. The molecular weight excluding hydrogens is 320 g/mol. The normalized spacial score (nSPS) is 17.4. The minimum atomic E-state index is 0. The van der Waals surface area contributed by atoms with Crippen molar-refractivity contribution in [3.05, 3.63) is 0 Å². The van der Waals surface area contributed by atoms with Crippen molar-refractivity contribution in [3.63, 3.8) is 0 Å². The van der Waals surface area contributed by atoms with Gasteiger partial charge >= 0.3 is 0 Å². The molecule has 2 nitrogen and oxygen atoms in total. The first-order chi connectivity index (χ1) is 8.83. The highest BCUT2D eigenvalue weighted by atomic mass is 79.9. The van der Waals surface area contributed by atoms with Crippen molar-refractivity contribution in [3.8, 4) is 0 Å². The third-order valence-corrected chi connectivity index (χ3v) is 4.76. The van der Waals surface area contributed by atoms with E-state index in [0.717, 1.165) is 12.4 Å². The van der Waals surface area contributed by atoms with Crippen LogP contribution in [0.25, 0.3) is 0 Å². The molecule has 0 aliphatic carbocycles. The molecule has 0 atom stereocenters. The summed E-state index contributed by atoms with van der Waals surface area (Å²) in [7, 11) is 0. The summed E-state index contributed by atoms with van der Waals surface area (Å²) in [6, 6.07) is 0. The van der Waals surface area contributed by atoms with Gasteiger partial charge in [0.25, 0.3) is 0 Å². The highest BCUT2D eigenvalue weighted by Gasteiger charge is 2.29. The van der Waals surface area contributed by atoms with Crippen LogP contribution in [0.1, 0.15) is 64.2 Å². The highest BCUT2D eigenvalue weighted by Crippen LogP contribution is 2.19. The Balaban J connectivity index is 0.00000324. The Morgan fingerprint density at radius 2 is 1.26 bits per heavy atom. The molecule has 0 aromatic carbocycles. The summed E-state index contributed by atoms with van der Waals surface area (Å²) in [5, 5.41) is 0. The molecule has 0 aromatic rings. The van der Waals surface area contributed by atoms with Crippen LogP contribution in [-0.4, -0.2) is 36.5 Å². The van der Waals surface area contributed by atoms with Gasteiger partial charge in [0.2, 0.25) is 0 Å². The molecule has 0 saturated carbocycles. The maximum Gasteiger partial charge on any atom is 0.130 e. The summed E-state index contributed by atoms with van der Waals surface area (Å²) < 4.78 is 1.21. The first kappa shape index (κ1) is 19.8. The minimum absolute atomic E-state index is 0. The van der Waals surface area contributed by atoms with Crippen LogP contribution >= 0.6 is 12.6 Å². The van der Waals surface area contributed by atoms with Gasteiger partial charge in [0, 0.05) is 12.8 Å². The zero-order valence-corrected chi connectivity index (χ0v) is 14.9. The predicted octanol–water partition coefficient (Wildman–Crippen LogP) is 0.568. The molecule has 0 amide bonds. The molecule has 0 unspecified atom stereocenters. The fourth-order valence-electron chi connectivity index (χ4n) is 3.12. The van der Waals surface area contributed by atoms with Gasteiger partial charge in [-0.05, 0) is 25.0 Å². The van der Waals surface area contributed by atoms with Crippen LogP contribution in [-0.2, 0) is 0 Å². The SMILES string of the molecule is NC[N+]1(CCCCCCCCCCS)CCCC1.[Br-]. The van der Waals surface area contributed by atoms with Crippen LogP contribution in [0.4, 0.5) is 0 Å². The van der Waals surface area contributed by atoms with E-state index in [1.165, 1.54) is 88.3 Å². The lowest BCUT2D eigenvalue weighted by atomic mass is 10.1. The highest BCUT2D eigenvalue weighted by molar-refractivity contribution is 7.80. The Labute approximate surface area is 136 Å². The number of nitrogens with two attached hydrogens (primary N) is 1. The first-order valence-corrected chi connectivity index (χ1v) is 8.62. The van der Waals surface area contributed by atoms with Crippen molar-refractivity contribution in [2.75, 3.05) is 32.1 Å².